The molecule has 14 heavy (non-hydrogen) atoms. The number of ether oxygens (including phenoxy) is 1. The normalized spacial score (nSPS) is 30.6. The fourth-order valence-corrected chi connectivity index (χ4v) is 2.28. The number of aliphatic hydroxyl groups is 1. The second-order valence-electron chi connectivity index (χ2n) is 4.94. The second kappa shape index (κ2) is 5.72. The average Bonchev–Trinajstić information content (AvgIpc) is 2.18. The van der Waals surface area contributed by atoms with Gasteiger partial charge in [0.25, 0.3) is 0 Å². The SMILES string of the molecule is COC1CCCC(CC(O)C(C)C)C1. The van der Waals surface area contributed by atoms with E-state index in [-0.39, 0.29) is 6.10 Å². The molecule has 1 rings (SSSR count). The van der Waals surface area contributed by atoms with Crippen molar-refractivity contribution >= 4 is 0 Å². The van der Waals surface area contributed by atoms with E-state index in [1.165, 1.54) is 19.3 Å². The van der Waals surface area contributed by atoms with Crippen molar-refractivity contribution in [3.05, 3.63) is 0 Å². The van der Waals surface area contributed by atoms with Gasteiger partial charge in [-0.05, 0) is 31.1 Å². The lowest BCUT2D eigenvalue weighted by Crippen LogP contribution is -2.26. The molecular weight excluding hydrogens is 176 g/mol. The first-order chi connectivity index (χ1) is 6.63. The smallest absolute Gasteiger partial charge is 0.0574 e. The van der Waals surface area contributed by atoms with E-state index in [0.29, 0.717) is 17.9 Å². The molecule has 0 bridgehead atoms. The topological polar surface area (TPSA) is 29.5 Å². The quantitative estimate of drug-likeness (QED) is 0.756. The molecule has 2 heteroatoms. The highest BCUT2D eigenvalue weighted by Gasteiger charge is 2.24. The number of methoxy groups -OCH3 is 1. The summed E-state index contributed by atoms with van der Waals surface area (Å²) in [4.78, 5) is 0. The maximum Gasteiger partial charge on any atom is 0.0574 e. The van der Waals surface area contributed by atoms with Crippen LogP contribution in [0, 0.1) is 11.8 Å². The molecule has 3 unspecified atom stereocenters. The van der Waals surface area contributed by atoms with Crippen molar-refractivity contribution in [3.63, 3.8) is 0 Å². The van der Waals surface area contributed by atoms with Crippen molar-refractivity contribution < 1.29 is 9.84 Å². The molecule has 0 aromatic heterocycles. The molecule has 1 aliphatic rings. The lowest BCUT2D eigenvalue weighted by molar-refractivity contribution is 0.0276. The predicted octanol–water partition coefficient (Wildman–Crippen LogP) is 2.60. The lowest BCUT2D eigenvalue weighted by atomic mass is 9.82. The molecule has 1 saturated carbocycles. The first-order valence-electron chi connectivity index (χ1n) is 5.84. The summed E-state index contributed by atoms with van der Waals surface area (Å²) in [5, 5.41) is 9.80. The van der Waals surface area contributed by atoms with E-state index < -0.39 is 0 Å². The molecule has 0 radical (unpaired) electrons. The third kappa shape index (κ3) is 3.58. The van der Waals surface area contributed by atoms with Gasteiger partial charge in [0.2, 0.25) is 0 Å². The first kappa shape index (κ1) is 12.0. The molecule has 1 fully saturated rings. The van der Waals surface area contributed by atoms with Crippen LogP contribution in [0.3, 0.4) is 0 Å². The fraction of sp³-hybridized carbons (Fsp3) is 1.00. The zero-order valence-electron chi connectivity index (χ0n) is 9.70. The molecule has 84 valence electrons. The van der Waals surface area contributed by atoms with Gasteiger partial charge >= 0.3 is 0 Å². The Balaban J connectivity index is 2.30. The van der Waals surface area contributed by atoms with Gasteiger partial charge in [-0.2, -0.15) is 0 Å². The minimum Gasteiger partial charge on any atom is -0.393 e. The van der Waals surface area contributed by atoms with Crippen LogP contribution in [-0.2, 0) is 4.74 Å². The molecule has 2 nitrogen and oxygen atoms in total. The van der Waals surface area contributed by atoms with Crippen molar-refractivity contribution in [1.29, 1.82) is 0 Å². The van der Waals surface area contributed by atoms with Crippen LogP contribution < -0.4 is 0 Å². The van der Waals surface area contributed by atoms with Gasteiger partial charge in [0.15, 0.2) is 0 Å². The molecule has 3 atom stereocenters. The monoisotopic (exact) mass is 200 g/mol. The summed E-state index contributed by atoms with van der Waals surface area (Å²) in [5.74, 6) is 1.06. The van der Waals surface area contributed by atoms with Gasteiger partial charge in [-0.3, -0.25) is 0 Å². The summed E-state index contributed by atoms with van der Waals surface area (Å²) in [6.45, 7) is 4.17. The van der Waals surface area contributed by atoms with E-state index in [4.69, 9.17) is 4.74 Å². The van der Waals surface area contributed by atoms with Gasteiger partial charge in [-0.25, -0.2) is 0 Å². The van der Waals surface area contributed by atoms with Crippen LogP contribution in [-0.4, -0.2) is 24.4 Å². The fourth-order valence-electron chi connectivity index (χ4n) is 2.28. The highest BCUT2D eigenvalue weighted by molar-refractivity contribution is 4.76. The molecule has 0 aromatic carbocycles. The van der Waals surface area contributed by atoms with Crippen LogP contribution in [0.25, 0.3) is 0 Å². The Labute approximate surface area is 87.7 Å². The average molecular weight is 200 g/mol. The number of aliphatic hydroxyl groups excluding tert-OH is 1. The van der Waals surface area contributed by atoms with Gasteiger partial charge in [0.05, 0.1) is 12.2 Å². The number of rotatable bonds is 4. The van der Waals surface area contributed by atoms with Crippen LogP contribution in [0.1, 0.15) is 46.0 Å². The van der Waals surface area contributed by atoms with E-state index in [0.717, 1.165) is 12.8 Å². The van der Waals surface area contributed by atoms with Crippen molar-refractivity contribution in [1.82, 2.24) is 0 Å². The predicted molar refractivity (Wildman–Crippen MR) is 58.2 cm³/mol. The van der Waals surface area contributed by atoms with Gasteiger partial charge < -0.3 is 9.84 Å². The zero-order chi connectivity index (χ0) is 10.6. The van der Waals surface area contributed by atoms with Crippen LogP contribution in [0.15, 0.2) is 0 Å². The van der Waals surface area contributed by atoms with E-state index in [9.17, 15) is 5.11 Å². The number of hydrogen-bond acceptors (Lipinski definition) is 2. The van der Waals surface area contributed by atoms with Crippen molar-refractivity contribution in [2.45, 2.75) is 58.2 Å². The Morgan fingerprint density at radius 3 is 2.64 bits per heavy atom. The van der Waals surface area contributed by atoms with Crippen LogP contribution in [0.5, 0.6) is 0 Å². The van der Waals surface area contributed by atoms with Gasteiger partial charge in [0, 0.05) is 7.11 Å². The largest absolute Gasteiger partial charge is 0.393 e. The Morgan fingerprint density at radius 1 is 1.36 bits per heavy atom. The van der Waals surface area contributed by atoms with E-state index in [2.05, 4.69) is 13.8 Å². The van der Waals surface area contributed by atoms with E-state index >= 15 is 0 Å². The molecule has 1 N–H and O–H groups in total. The van der Waals surface area contributed by atoms with Crippen LogP contribution >= 0.6 is 0 Å². The van der Waals surface area contributed by atoms with Crippen molar-refractivity contribution in [2.75, 3.05) is 7.11 Å². The van der Waals surface area contributed by atoms with E-state index in [1.807, 2.05) is 0 Å². The van der Waals surface area contributed by atoms with E-state index in [1.54, 1.807) is 7.11 Å². The third-order valence-corrected chi connectivity index (χ3v) is 3.41. The Kier molecular flexibility index (Phi) is 4.90. The summed E-state index contributed by atoms with van der Waals surface area (Å²) in [7, 11) is 1.80. The molecule has 0 spiro atoms. The molecule has 0 aliphatic heterocycles. The summed E-state index contributed by atoms with van der Waals surface area (Å²) in [6, 6.07) is 0. The minimum atomic E-state index is -0.129. The zero-order valence-corrected chi connectivity index (χ0v) is 9.70. The summed E-state index contributed by atoms with van der Waals surface area (Å²) < 4.78 is 5.38. The maximum absolute atomic E-state index is 9.80. The molecule has 1 aliphatic carbocycles. The lowest BCUT2D eigenvalue weighted by Gasteiger charge is -2.30. The summed E-state index contributed by atoms with van der Waals surface area (Å²) in [6.07, 6.45) is 6.13. The Morgan fingerprint density at radius 2 is 2.07 bits per heavy atom. The molecular formula is C12H24O2. The van der Waals surface area contributed by atoms with Gasteiger partial charge in [-0.1, -0.05) is 26.7 Å². The van der Waals surface area contributed by atoms with Crippen LogP contribution in [0.4, 0.5) is 0 Å². The van der Waals surface area contributed by atoms with Gasteiger partial charge in [0.1, 0.15) is 0 Å². The standard InChI is InChI=1S/C12H24O2/c1-9(2)12(13)8-10-5-4-6-11(7-10)14-3/h9-13H,4-8H2,1-3H3. The maximum atomic E-state index is 9.80. The number of hydrogen-bond donors (Lipinski definition) is 1. The Bertz CT molecular complexity index is 156. The third-order valence-electron chi connectivity index (χ3n) is 3.41. The second-order valence-corrected chi connectivity index (χ2v) is 4.94. The molecule has 0 aromatic rings. The Hall–Kier alpha value is -0.0800. The highest BCUT2D eigenvalue weighted by atomic mass is 16.5. The molecule has 0 saturated heterocycles. The molecule has 0 amide bonds. The summed E-state index contributed by atoms with van der Waals surface area (Å²) in [5.41, 5.74) is 0. The summed E-state index contributed by atoms with van der Waals surface area (Å²) >= 11 is 0. The van der Waals surface area contributed by atoms with Crippen molar-refractivity contribution in [2.24, 2.45) is 11.8 Å². The molecule has 0 heterocycles. The minimum absolute atomic E-state index is 0.129. The highest BCUT2D eigenvalue weighted by Crippen LogP contribution is 2.30. The first-order valence-corrected chi connectivity index (χ1v) is 5.84. The van der Waals surface area contributed by atoms with Gasteiger partial charge in [-0.15, -0.1) is 0 Å². The van der Waals surface area contributed by atoms with Crippen LogP contribution in [0.2, 0.25) is 0 Å². The van der Waals surface area contributed by atoms with Crippen molar-refractivity contribution in [3.8, 4) is 0 Å².